The third kappa shape index (κ3) is 3.77. The third-order valence-electron chi connectivity index (χ3n) is 0.789. The van der Waals surface area contributed by atoms with Gasteiger partial charge in [-0.25, -0.2) is 8.42 Å². The van der Waals surface area contributed by atoms with E-state index in [9.17, 15) is 30.0 Å². The van der Waals surface area contributed by atoms with E-state index in [2.05, 4.69) is 4.18 Å². The fourth-order valence-electron chi connectivity index (χ4n) is 0.361. The molecule has 86 valence electrons. The molecule has 0 aliphatic rings. The average molecular weight is 257 g/mol. The van der Waals surface area contributed by atoms with Gasteiger partial charge >= 0.3 is 25.8 Å². The first-order valence-electron chi connectivity index (χ1n) is 3.01. The second-order valence-corrected chi connectivity index (χ2v) is 5.17. The molecule has 0 aromatic carbocycles. The number of rotatable bonds is 4. The molecule has 14 heavy (non-hydrogen) atoms. The van der Waals surface area contributed by atoms with Crippen molar-refractivity contribution < 1.29 is 34.2 Å². The molecule has 0 aromatic heterocycles. The van der Waals surface area contributed by atoms with Crippen LogP contribution in [0.5, 0.6) is 0 Å². The maximum absolute atomic E-state index is 11.6. The van der Waals surface area contributed by atoms with Gasteiger partial charge in [-0.3, -0.25) is 4.18 Å². The van der Waals surface area contributed by atoms with E-state index in [1.165, 1.54) is 6.92 Å². The Morgan fingerprint density at radius 2 is 1.64 bits per heavy atom. The molecule has 0 saturated carbocycles. The number of alkyl halides is 3. The monoisotopic (exact) mass is 257 g/mol. The minimum atomic E-state index is -5.94. The number of hydrogen-bond acceptors (Lipinski definition) is 5. The van der Waals surface area contributed by atoms with Gasteiger partial charge in [-0.05, 0) is 6.92 Å². The lowest BCUT2D eigenvalue weighted by Gasteiger charge is -2.08. The zero-order valence-corrected chi connectivity index (χ0v) is 8.33. The summed E-state index contributed by atoms with van der Waals surface area (Å²) in [7, 11) is -10.9. The molecule has 0 aliphatic heterocycles. The summed E-state index contributed by atoms with van der Waals surface area (Å²) in [5.74, 6) is 0. The van der Waals surface area contributed by atoms with E-state index in [0.717, 1.165) is 0 Å². The highest BCUT2D eigenvalue weighted by Gasteiger charge is 2.48. The smallest absolute Gasteiger partial charge is 0.258 e. The Labute approximate surface area is 78.4 Å². The largest absolute Gasteiger partial charge is 0.512 e. The van der Waals surface area contributed by atoms with Crippen molar-refractivity contribution in [3.05, 3.63) is 0 Å². The third-order valence-corrected chi connectivity index (χ3v) is 3.64. The van der Waals surface area contributed by atoms with Gasteiger partial charge in [0.2, 0.25) is 0 Å². The van der Waals surface area contributed by atoms with E-state index in [4.69, 9.17) is 0 Å². The Bertz CT molecular complexity index is 381. The first kappa shape index (κ1) is 13.6. The average Bonchev–Trinajstić information content (AvgIpc) is 1.80. The topological polar surface area (TPSA) is 89.5 Å². The highest BCUT2D eigenvalue weighted by Crippen LogP contribution is 2.22. The maximum atomic E-state index is 11.6. The van der Waals surface area contributed by atoms with E-state index in [-0.39, 0.29) is 0 Å². The van der Waals surface area contributed by atoms with Gasteiger partial charge in [-0.15, -0.1) is 0 Å². The second-order valence-electron chi connectivity index (χ2n) is 1.89. The van der Waals surface area contributed by atoms with Crippen LogP contribution in [0, 0.1) is 0 Å². The van der Waals surface area contributed by atoms with Crippen molar-refractivity contribution in [3.8, 4) is 0 Å². The van der Waals surface area contributed by atoms with Gasteiger partial charge in [-0.2, -0.15) is 21.6 Å². The number of nitrogens with one attached hydrogen (secondary N) is 1. The van der Waals surface area contributed by atoms with Crippen LogP contribution in [0.3, 0.4) is 0 Å². The molecule has 0 fully saturated rings. The second kappa shape index (κ2) is 4.00. The van der Waals surface area contributed by atoms with Crippen molar-refractivity contribution in [2.75, 3.05) is 6.61 Å². The van der Waals surface area contributed by atoms with Crippen LogP contribution in [-0.4, -0.2) is 29.0 Å². The first-order chi connectivity index (χ1) is 6.02. The van der Waals surface area contributed by atoms with E-state index < -0.39 is 32.4 Å². The van der Waals surface area contributed by atoms with Gasteiger partial charge in [0.05, 0.1) is 6.61 Å². The summed E-state index contributed by atoms with van der Waals surface area (Å²) < 4.78 is 80.5. The van der Waals surface area contributed by atoms with Crippen molar-refractivity contribution >= 4 is 20.3 Å². The standard InChI is InChI=1S/C3H6F3NO5S2/c1-2-12-14(10,11)7-13(8,9)3(4,5)6/h7H,2H2,1H3. The van der Waals surface area contributed by atoms with Crippen LogP contribution in [0.25, 0.3) is 0 Å². The van der Waals surface area contributed by atoms with Crippen molar-refractivity contribution in [2.45, 2.75) is 12.4 Å². The molecule has 0 bridgehead atoms. The van der Waals surface area contributed by atoms with Crippen LogP contribution in [0.15, 0.2) is 0 Å². The van der Waals surface area contributed by atoms with Gasteiger partial charge in [0.15, 0.2) is 0 Å². The summed E-state index contributed by atoms with van der Waals surface area (Å²) in [6.07, 6.45) is 0. The summed E-state index contributed by atoms with van der Waals surface area (Å²) in [4.78, 5) is 0. The summed E-state index contributed by atoms with van der Waals surface area (Å²) in [5, 5.41) is 0. The van der Waals surface area contributed by atoms with Gasteiger partial charge in [0.1, 0.15) is 0 Å². The highest BCUT2D eigenvalue weighted by molar-refractivity contribution is 8.03. The van der Waals surface area contributed by atoms with Crippen LogP contribution in [0.2, 0.25) is 0 Å². The van der Waals surface area contributed by atoms with Gasteiger partial charge < -0.3 is 0 Å². The molecule has 0 spiro atoms. The molecule has 0 atom stereocenters. The Hall–Kier alpha value is -0.390. The van der Waals surface area contributed by atoms with Crippen LogP contribution in [-0.2, 0) is 24.5 Å². The lowest BCUT2D eigenvalue weighted by molar-refractivity contribution is -0.0442. The fourth-order valence-corrected chi connectivity index (χ4v) is 2.32. The van der Waals surface area contributed by atoms with Gasteiger partial charge in [-0.1, -0.05) is 4.13 Å². The molecule has 11 heteroatoms. The molecule has 6 nitrogen and oxygen atoms in total. The first-order valence-corrected chi connectivity index (χ1v) is 5.90. The highest BCUT2D eigenvalue weighted by atomic mass is 32.3. The Morgan fingerprint density at radius 1 is 1.21 bits per heavy atom. The molecular formula is C3H6F3NO5S2. The summed E-state index contributed by atoms with van der Waals surface area (Å²) in [6, 6.07) is 0. The minimum absolute atomic E-state index is 0.371. The van der Waals surface area contributed by atoms with Crippen molar-refractivity contribution in [1.29, 1.82) is 0 Å². The molecule has 1 N–H and O–H groups in total. The minimum Gasteiger partial charge on any atom is -0.258 e. The van der Waals surface area contributed by atoms with E-state index in [0.29, 0.717) is 4.13 Å². The van der Waals surface area contributed by atoms with Gasteiger partial charge in [0, 0.05) is 0 Å². The molecule has 0 saturated heterocycles. The lowest BCUT2D eigenvalue weighted by atomic mass is 10.9. The fraction of sp³-hybridized carbons (Fsp3) is 1.00. The van der Waals surface area contributed by atoms with E-state index >= 15 is 0 Å². The number of hydrogen-bond donors (Lipinski definition) is 1. The van der Waals surface area contributed by atoms with Crippen LogP contribution in [0.1, 0.15) is 6.92 Å². The van der Waals surface area contributed by atoms with E-state index in [1.807, 2.05) is 0 Å². The van der Waals surface area contributed by atoms with Crippen molar-refractivity contribution in [1.82, 2.24) is 4.13 Å². The summed E-state index contributed by atoms with van der Waals surface area (Å²) in [5.41, 5.74) is -5.70. The normalized spacial score (nSPS) is 14.3. The number of sulfonamides is 1. The molecule has 0 rings (SSSR count). The van der Waals surface area contributed by atoms with Gasteiger partial charge in [0.25, 0.3) is 0 Å². The summed E-state index contributed by atoms with van der Waals surface area (Å²) >= 11 is 0. The lowest BCUT2D eigenvalue weighted by Crippen LogP contribution is -2.40. The molecule has 0 heterocycles. The molecule has 0 unspecified atom stereocenters. The molecule has 0 aromatic rings. The van der Waals surface area contributed by atoms with Crippen LogP contribution >= 0.6 is 0 Å². The SMILES string of the molecule is CCOS(=O)(=O)NS(=O)(=O)C(F)(F)F. The molecular weight excluding hydrogens is 251 g/mol. The zero-order valence-electron chi connectivity index (χ0n) is 6.70. The van der Waals surface area contributed by atoms with E-state index in [1.54, 1.807) is 0 Å². The zero-order chi connectivity index (χ0) is 11.6. The van der Waals surface area contributed by atoms with Crippen molar-refractivity contribution in [2.24, 2.45) is 0 Å². The molecule has 0 radical (unpaired) electrons. The maximum Gasteiger partial charge on any atom is 0.512 e. The Balaban J connectivity index is 4.89. The van der Waals surface area contributed by atoms with Crippen LogP contribution in [0.4, 0.5) is 13.2 Å². The Kier molecular flexibility index (Phi) is 3.89. The summed E-state index contributed by atoms with van der Waals surface area (Å²) in [6.45, 7) is 0.683. The Morgan fingerprint density at radius 3 is 1.93 bits per heavy atom. The quantitative estimate of drug-likeness (QED) is 0.747. The molecule has 0 aliphatic carbocycles. The van der Waals surface area contributed by atoms with Crippen LogP contribution < -0.4 is 4.13 Å². The predicted molar refractivity (Wildman–Crippen MR) is 38.7 cm³/mol. The predicted octanol–water partition coefficient (Wildman–Crippen LogP) is -0.293. The van der Waals surface area contributed by atoms with Crippen molar-refractivity contribution in [3.63, 3.8) is 0 Å². The number of halogens is 3. The molecule has 0 amide bonds.